The summed E-state index contributed by atoms with van der Waals surface area (Å²) in [5.41, 5.74) is 2.20. The fourth-order valence-corrected chi connectivity index (χ4v) is 2.64. The number of anilines is 1. The van der Waals surface area contributed by atoms with E-state index in [-0.39, 0.29) is 24.3 Å². The van der Waals surface area contributed by atoms with E-state index < -0.39 is 0 Å². The Morgan fingerprint density at radius 2 is 1.95 bits per heavy atom. The van der Waals surface area contributed by atoms with Gasteiger partial charge in [-0.1, -0.05) is 18.2 Å². The van der Waals surface area contributed by atoms with E-state index in [4.69, 9.17) is 4.74 Å². The quantitative estimate of drug-likeness (QED) is 0.811. The summed E-state index contributed by atoms with van der Waals surface area (Å²) in [7, 11) is 1.35. The summed E-state index contributed by atoms with van der Waals surface area (Å²) < 4.78 is 4.76. The molecule has 0 saturated carbocycles. The number of amides is 1. The summed E-state index contributed by atoms with van der Waals surface area (Å²) in [5, 5.41) is 0. The van der Waals surface area contributed by atoms with Crippen molar-refractivity contribution in [1.29, 1.82) is 0 Å². The van der Waals surface area contributed by atoms with Crippen LogP contribution in [0.3, 0.4) is 0 Å². The van der Waals surface area contributed by atoms with Crippen LogP contribution in [0.2, 0.25) is 0 Å². The van der Waals surface area contributed by atoms with Crippen LogP contribution in [-0.2, 0) is 9.53 Å². The first-order chi connectivity index (χ1) is 10.2. The molecule has 0 bridgehead atoms. The number of aromatic nitrogens is 1. The lowest BCUT2D eigenvalue weighted by molar-refractivity contribution is -0.141. The molecular weight excluding hydrogens is 268 g/mol. The van der Waals surface area contributed by atoms with Crippen LogP contribution in [0.25, 0.3) is 0 Å². The summed E-state index contributed by atoms with van der Waals surface area (Å²) in [6.45, 7) is 0. The first-order valence-electron chi connectivity index (χ1n) is 6.61. The highest BCUT2D eigenvalue weighted by molar-refractivity contribution is 6.11. The zero-order valence-electron chi connectivity index (χ0n) is 11.5. The van der Waals surface area contributed by atoms with Gasteiger partial charge in [-0.25, -0.2) is 0 Å². The molecule has 0 aliphatic carbocycles. The highest BCUT2D eigenvalue weighted by Crippen LogP contribution is 2.39. The Bertz CT molecular complexity index is 685. The molecule has 1 amide bonds. The van der Waals surface area contributed by atoms with E-state index in [1.54, 1.807) is 35.5 Å². The first-order valence-corrected chi connectivity index (χ1v) is 6.61. The Kier molecular flexibility index (Phi) is 3.39. The molecule has 5 heteroatoms. The average Bonchev–Trinajstić information content (AvgIpc) is 2.81. The number of fused-ring (bicyclic) bond motifs is 1. The SMILES string of the molecule is COC(=O)CC1c2ccccc2C(=O)N1c1ccncc1. The first kappa shape index (κ1) is 13.3. The van der Waals surface area contributed by atoms with E-state index >= 15 is 0 Å². The van der Waals surface area contributed by atoms with Crippen molar-refractivity contribution in [3.63, 3.8) is 0 Å². The smallest absolute Gasteiger partial charge is 0.307 e. The van der Waals surface area contributed by atoms with E-state index in [9.17, 15) is 9.59 Å². The van der Waals surface area contributed by atoms with Gasteiger partial charge < -0.3 is 9.64 Å². The van der Waals surface area contributed by atoms with E-state index in [0.29, 0.717) is 5.56 Å². The molecule has 2 aromatic rings. The van der Waals surface area contributed by atoms with Crippen molar-refractivity contribution in [3.8, 4) is 0 Å². The second kappa shape index (κ2) is 5.36. The van der Waals surface area contributed by atoms with Crippen molar-refractivity contribution in [2.24, 2.45) is 0 Å². The molecule has 1 aromatic heterocycles. The highest BCUT2D eigenvalue weighted by atomic mass is 16.5. The van der Waals surface area contributed by atoms with Crippen LogP contribution in [0.15, 0.2) is 48.8 Å². The third-order valence-corrected chi connectivity index (χ3v) is 3.61. The van der Waals surface area contributed by atoms with E-state index in [2.05, 4.69) is 4.98 Å². The van der Waals surface area contributed by atoms with Crippen molar-refractivity contribution < 1.29 is 14.3 Å². The van der Waals surface area contributed by atoms with Crippen molar-refractivity contribution in [2.75, 3.05) is 12.0 Å². The predicted molar refractivity (Wildman–Crippen MR) is 76.9 cm³/mol. The van der Waals surface area contributed by atoms with Gasteiger partial charge in [0, 0.05) is 23.6 Å². The fourth-order valence-electron chi connectivity index (χ4n) is 2.64. The molecule has 0 fully saturated rings. The summed E-state index contributed by atoms with van der Waals surface area (Å²) in [5.74, 6) is -0.450. The number of carbonyl (C=O) groups excluding carboxylic acids is 2. The molecule has 1 atom stereocenters. The van der Waals surface area contributed by atoms with Crippen LogP contribution in [0.5, 0.6) is 0 Å². The van der Waals surface area contributed by atoms with E-state index in [1.807, 2.05) is 18.2 Å². The normalized spacial score (nSPS) is 16.7. The van der Waals surface area contributed by atoms with Crippen LogP contribution >= 0.6 is 0 Å². The molecule has 0 spiro atoms. The topological polar surface area (TPSA) is 59.5 Å². The van der Waals surface area contributed by atoms with Gasteiger partial charge in [0.05, 0.1) is 19.6 Å². The van der Waals surface area contributed by atoms with Gasteiger partial charge in [-0.2, -0.15) is 0 Å². The highest BCUT2D eigenvalue weighted by Gasteiger charge is 2.38. The lowest BCUT2D eigenvalue weighted by Gasteiger charge is -2.24. The predicted octanol–water partition coefficient (Wildman–Crippen LogP) is 2.35. The maximum atomic E-state index is 12.6. The van der Waals surface area contributed by atoms with E-state index in [1.165, 1.54) is 7.11 Å². The van der Waals surface area contributed by atoms with Gasteiger partial charge in [0.1, 0.15) is 0 Å². The van der Waals surface area contributed by atoms with Gasteiger partial charge in [-0.05, 0) is 23.8 Å². The third-order valence-electron chi connectivity index (χ3n) is 3.61. The number of carbonyl (C=O) groups is 2. The zero-order valence-corrected chi connectivity index (χ0v) is 11.5. The third kappa shape index (κ3) is 2.27. The Labute approximate surface area is 122 Å². The average molecular weight is 282 g/mol. The van der Waals surface area contributed by atoms with Gasteiger partial charge in [0.2, 0.25) is 0 Å². The molecule has 0 radical (unpaired) electrons. The maximum Gasteiger partial charge on any atom is 0.307 e. The van der Waals surface area contributed by atoms with Gasteiger partial charge in [0.25, 0.3) is 5.91 Å². The molecule has 0 saturated heterocycles. The minimum absolute atomic E-state index is 0.106. The Hall–Kier alpha value is -2.69. The lowest BCUT2D eigenvalue weighted by atomic mass is 10.0. The molecule has 2 heterocycles. The number of esters is 1. The molecule has 1 aromatic carbocycles. The van der Waals surface area contributed by atoms with Crippen molar-refractivity contribution in [1.82, 2.24) is 4.98 Å². The number of methoxy groups -OCH3 is 1. The van der Waals surface area contributed by atoms with Crippen LogP contribution in [0.4, 0.5) is 5.69 Å². The number of hydrogen-bond donors (Lipinski definition) is 0. The Morgan fingerprint density at radius 3 is 2.67 bits per heavy atom. The number of benzene rings is 1. The molecule has 3 rings (SSSR count). The minimum Gasteiger partial charge on any atom is -0.469 e. The molecule has 0 N–H and O–H groups in total. The Morgan fingerprint density at radius 1 is 1.24 bits per heavy atom. The summed E-state index contributed by atoms with van der Waals surface area (Å²) in [6, 6.07) is 10.5. The fraction of sp³-hybridized carbons (Fsp3) is 0.188. The number of hydrogen-bond acceptors (Lipinski definition) is 4. The van der Waals surface area contributed by atoms with Gasteiger partial charge >= 0.3 is 5.97 Å². The standard InChI is InChI=1S/C16H14N2O3/c1-21-15(19)10-14-12-4-2-3-5-13(12)16(20)18(14)11-6-8-17-9-7-11/h2-9,14H,10H2,1H3. The summed E-state index contributed by atoms with van der Waals surface area (Å²) in [6.07, 6.45) is 3.38. The zero-order chi connectivity index (χ0) is 14.8. The maximum absolute atomic E-state index is 12.6. The monoisotopic (exact) mass is 282 g/mol. The van der Waals surface area contributed by atoms with Crippen LogP contribution in [0, 0.1) is 0 Å². The summed E-state index contributed by atoms with van der Waals surface area (Å²) >= 11 is 0. The molecule has 1 aliphatic heterocycles. The van der Waals surface area contributed by atoms with Gasteiger partial charge in [-0.3, -0.25) is 14.6 Å². The molecule has 5 nitrogen and oxygen atoms in total. The second-order valence-corrected chi connectivity index (χ2v) is 4.76. The van der Waals surface area contributed by atoms with Crippen molar-refractivity contribution in [2.45, 2.75) is 12.5 Å². The second-order valence-electron chi connectivity index (χ2n) is 4.76. The van der Waals surface area contributed by atoms with Crippen LogP contribution < -0.4 is 4.90 Å². The molecule has 106 valence electrons. The number of pyridine rings is 1. The van der Waals surface area contributed by atoms with Gasteiger partial charge in [-0.15, -0.1) is 0 Å². The molecule has 1 aliphatic rings. The van der Waals surface area contributed by atoms with E-state index in [0.717, 1.165) is 11.3 Å². The minimum atomic E-state index is -0.344. The Balaban J connectivity index is 2.06. The molecular formula is C16H14N2O3. The lowest BCUT2D eigenvalue weighted by Crippen LogP contribution is -2.29. The van der Waals surface area contributed by atoms with Gasteiger partial charge in [0.15, 0.2) is 0 Å². The number of rotatable bonds is 3. The largest absolute Gasteiger partial charge is 0.469 e. The summed E-state index contributed by atoms with van der Waals surface area (Å²) in [4.78, 5) is 29.9. The van der Waals surface area contributed by atoms with Crippen molar-refractivity contribution >= 4 is 17.6 Å². The van der Waals surface area contributed by atoms with Crippen molar-refractivity contribution in [3.05, 3.63) is 59.9 Å². The molecule has 21 heavy (non-hydrogen) atoms. The van der Waals surface area contributed by atoms with Crippen LogP contribution in [-0.4, -0.2) is 24.0 Å². The van der Waals surface area contributed by atoms with Crippen LogP contribution in [0.1, 0.15) is 28.4 Å². The molecule has 1 unspecified atom stereocenters. The number of nitrogens with zero attached hydrogens (tertiary/aromatic N) is 2. The number of ether oxygens (including phenoxy) is 1.